The van der Waals surface area contributed by atoms with Gasteiger partial charge in [0.2, 0.25) is 0 Å². The molecule has 2 aliphatic rings. The Morgan fingerprint density at radius 3 is 2.82 bits per heavy atom. The van der Waals surface area contributed by atoms with Crippen LogP contribution < -0.4 is 0 Å². The van der Waals surface area contributed by atoms with E-state index in [1.54, 1.807) is 0 Å². The smallest absolute Gasteiger partial charge is 0.138 e. The van der Waals surface area contributed by atoms with Crippen LogP contribution in [0.2, 0.25) is 0 Å². The number of hydrogen-bond donors (Lipinski definition) is 0. The van der Waals surface area contributed by atoms with Crippen LogP contribution in [0.4, 0.5) is 5.69 Å². The van der Waals surface area contributed by atoms with Crippen molar-refractivity contribution in [1.82, 2.24) is 4.90 Å². The Morgan fingerprint density at radius 1 is 1.24 bits per heavy atom. The molecule has 17 heavy (non-hydrogen) atoms. The van der Waals surface area contributed by atoms with Crippen molar-refractivity contribution in [3.63, 3.8) is 0 Å². The summed E-state index contributed by atoms with van der Waals surface area (Å²) in [4.78, 5) is 11.2. The molecule has 0 saturated heterocycles. The SMILES string of the molecule is CC(C)(C)c1ccc2c(c1)C1=NCCN1C=N2. The fraction of sp³-hybridized carbons (Fsp3) is 0.429. The van der Waals surface area contributed by atoms with E-state index in [1.807, 2.05) is 6.34 Å². The molecular formula is C14H17N3. The minimum atomic E-state index is 0.167. The Labute approximate surface area is 102 Å². The van der Waals surface area contributed by atoms with Crippen LogP contribution >= 0.6 is 0 Å². The molecule has 0 saturated carbocycles. The molecular weight excluding hydrogens is 210 g/mol. The minimum Gasteiger partial charge on any atom is -0.315 e. The lowest BCUT2D eigenvalue weighted by Gasteiger charge is -2.24. The van der Waals surface area contributed by atoms with Gasteiger partial charge in [-0.15, -0.1) is 0 Å². The summed E-state index contributed by atoms with van der Waals surface area (Å²) in [6.45, 7) is 8.53. The Morgan fingerprint density at radius 2 is 2.06 bits per heavy atom. The van der Waals surface area contributed by atoms with Crippen molar-refractivity contribution < 1.29 is 0 Å². The first-order valence-electron chi connectivity index (χ1n) is 6.06. The fourth-order valence-corrected chi connectivity index (χ4v) is 2.24. The molecule has 0 radical (unpaired) electrons. The van der Waals surface area contributed by atoms with Crippen LogP contribution in [0.3, 0.4) is 0 Å². The Bertz CT molecular complexity index is 521. The summed E-state index contributed by atoms with van der Waals surface area (Å²) in [6, 6.07) is 6.51. The van der Waals surface area contributed by atoms with Crippen molar-refractivity contribution in [2.75, 3.05) is 13.1 Å². The van der Waals surface area contributed by atoms with E-state index in [9.17, 15) is 0 Å². The summed E-state index contributed by atoms with van der Waals surface area (Å²) >= 11 is 0. The molecule has 3 rings (SSSR count). The van der Waals surface area contributed by atoms with E-state index < -0.39 is 0 Å². The van der Waals surface area contributed by atoms with Crippen LogP contribution in [0, 0.1) is 0 Å². The average Bonchev–Trinajstić information content (AvgIpc) is 2.75. The highest BCUT2D eigenvalue weighted by atomic mass is 15.3. The number of benzene rings is 1. The lowest BCUT2D eigenvalue weighted by molar-refractivity contribution is 0.589. The van der Waals surface area contributed by atoms with Gasteiger partial charge in [0.15, 0.2) is 0 Å². The molecule has 2 heterocycles. The van der Waals surface area contributed by atoms with Crippen LogP contribution in [-0.4, -0.2) is 30.2 Å². The number of fused-ring (bicyclic) bond motifs is 3. The summed E-state index contributed by atoms with van der Waals surface area (Å²) in [5.41, 5.74) is 3.72. The van der Waals surface area contributed by atoms with Gasteiger partial charge in [0.25, 0.3) is 0 Å². The number of amidine groups is 1. The molecule has 1 aromatic rings. The highest BCUT2D eigenvalue weighted by Gasteiger charge is 2.25. The first-order valence-corrected chi connectivity index (χ1v) is 6.06. The molecule has 0 spiro atoms. The first-order chi connectivity index (χ1) is 8.05. The van der Waals surface area contributed by atoms with E-state index in [1.165, 1.54) is 11.1 Å². The van der Waals surface area contributed by atoms with Gasteiger partial charge in [-0.05, 0) is 23.1 Å². The number of nitrogens with zero attached hydrogens (tertiary/aromatic N) is 3. The Hall–Kier alpha value is -1.64. The summed E-state index contributed by atoms with van der Waals surface area (Å²) in [5, 5.41) is 0. The van der Waals surface area contributed by atoms with Crippen molar-refractivity contribution in [2.24, 2.45) is 9.98 Å². The third-order valence-electron chi connectivity index (χ3n) is 3.31. The summed E-state index contributed by atoms with van der Waals surface area (Å²) < 4.78 is 0. The molecule has 0 bridgehead atoms. The Kier molecular flexibility index (Phi) is 2.12. The van der Waals surface area contributed by atoms with E-state index >= 15 is 0 Å². The van der Waals surface area contributed by atoms with Gasteiger partial charge in [-0.1, -0.05) is 26.8 Å². The van der Waals surface area contributed by atoms with E-state index in [4.69, 9.17) is 0 Å². The third-order valence-corrected chi connectivity index (χ3v) is 3.31. The van der Waals surface area contributed by atoms with Gasteiger partial charge < -0.3 is 4.90 Å². The van der Waals surface area contributed by atoms with Gasteiger partial charge in [-0.2, -0.15) is 0 Å². The van der Waals surface area contributed by atoms with Crippen molar-refractivity contribution in [3.05, 3.63) is 29.3 Å². The summed E-state index contributed by atoms with van der Waals surface area (Å²) in [5.74, 6) is 1.08. The molecule has 0 aromatic heterocycles. The lowest BCUT2D eigenvalue weighted by atomic mass is 9.85. The maximum atomic E-state index is 4.57. The zero-order valence-electron chi connectivity index (χ0n) is 10.6. The quantitative estimate of drug-likeness (QED) is 0.669. The molecule has 0 N–H and O–H groups in total. The topological polar surface area (TPSA) is 28.0 Å². The summed E-state index contributed by atoms with van der Waals surface area (Å²) in [7, 11) is 0. The van der Waals surface area contributed by atoms with E-state index in [2.05, 4.69) is 53.9 Å². The predicted octanol–water partition coefficient (Wildman–Crippen LogP) is 2.72. The average molecular weight is 227 g/mol. The highest BCUT2D eigenvalue weighted by molar-refractivity contribution is 6.11. The zero-order valence-corrected chi connectivity index (χ0v) is 10.6. The maximum Gasteiger partial charge on any atom is 0.138 e. The standard InChI is InChI=1S/C14H17N3/c1-14(2,3)10-4-5-12-11(8-10)13-15-6-7-17(13)9-16-12/h4-5,8-9H,6-7H2,1-3H3. The Balaban J connectivity index is 2.14. The number of rotatable bonds is 0. The van der Waals surface area contributed by atoms with Gasteiger partial charge >= 0.3 is 0 Å². The van der Waals surface area contributed by atoms with Gasteiger partial charge in [0.05, 0.1) is 18.6 Å². The normalized spacial score (nSPS) is 17.8. The van der Waals surface area contributed by atoms with Crippen molar-refractivity contribution >= 4 is 17.9 Å². The van der Waals surface area contributed by atoms with Gasteiger partial charge in [-0.3, -0.25) is 4.99 Å². The zero-order chi connectivity index (χ0) is 12.0. The first kappa shape index (κ1) is 10.5. The van der Waals surface area contributed by atoms with Crippen LogP contribution in [0.1, 0.15) is 31.9 Å². The van der Waals surface area contributed by atoms with Gasteiger partial charge in [-0.25, -0.2) is 4.99 Å². The van der Waals surface area contributed by atoms with Crippen LogP contribution in [0.5, 0.6) is 0 Å². The third kappa shape index (κ3) is 1.66. The molecule has 1 aromatic carbocycles. The van der Waals surface area contributed by atoms with E-state index in [0.717, 1.165) is 24.6 Å². The van der Waals surface area contributed by atoms with Crippen LogP contribution in [0.15, 0.2) is 28.2 Å². The molecule has 0 unspecified atom stereocenters. The van der Waals surface area contributed by atoms with Gasteiger partial charge in [0, 0.05) is 12.1 Å². The van der Waals surface area contributed by atoms with E-state index in [-0.39, 0.29) is 5.41 Å². The van der Waals surface area contributed by atoms with Crippen molar-refractivity contribution in [3.8, 4) is 0 Å². The second-order valence-corrected chi connectivity index (χ2v) is 5.63. The largest absolute Gasteiger partial charge is 0.315 e. The fourth-order valence-electron chi connectivity index (χ4n) is 2.24. The molecule has 0 aliphatic carbocycles. The molecule has 0 amide bonds. The molecule has 3 heteroatoms. The van der Waals surface area contributed by atoms with E-state index in [0.29, 0.717) is 0 Å². The molecule has 0 atom stereocenters. The molecule has 88 valence electrons. The van der Waals surface area contributed by atoms with Crippen LogP contribution in [0.25, 0.3) is 0 Å². The van der Waals surface area contributed by atoms with Crippen LogP contribution in [-0.2, 0) is 5.41 Å². The van der Waals surface area contributed by atoms with Gasteiger partial charge in [0.1, 0.15) is 5.84 Å². The highest BCUT2D eigenvalue weighted by Crippen LogP contribution is 2.31. The minimum absolute atomic E-state index is 0.167. The second-order valence-electron chi connectivity index (χ2n) is 5.63. The number of hydrogen-bond acceptors (Lipinski definition) is 3. The molecule has 2 aliphatic heterocycles. The summed E-state index contributed by atoms with van der Waals surface area (Å²) in [6.07, 6.45) is 1.89. The molecule has 0 fully saturated rings. The van der Waals surface area contributed by atoms with Crippen molar-refractivity contribution in [2.45, 2.75) is 26.2 Å². The second kappa shape index (κ2) is 3.42. The predicted molar refractivity (Wildman–Crippen MR) is 71.4 cm³/mol. The monoisotopic (exact) mass is 227 g/mol. The lowest BCUT2D eigenvalue weighted by Crippen LogP contribution is -2.29. The number of aliphatic imine (C=N–C) groups is 2. The molecule has 3 nitrogen and oxygen atoms in total. The van der Waals surface area contributed by atoms with Crippen molar-refractivity contribution in [1.29, 1.82) is 0 Å². The maximum absolute atomic E-state index is 4.57.